The van der Waals surface area contributed by atoms with Crippen LogP contribution in [0.4, 0.5) is 0 Å². The van der Waals surface area contributed by atoms with E-state index in [0.29, 0.717) is 13.1 Å². The lowest BCUT2D eigenvalue weighted by molar-refractivity contribution is 0.0781. The van der Waals surface area contributed by atoms with Gasteiger partial charge in [0.05, 0.1) is 19.8 Å². The molecule has 0 aliphatic carbocycles. The lowest BCUT2D eigenvalue weighted by Crippen LogP contribution is -2.41. The van der Waals surface area contributed by atoms with Crippen LogP contribution < -0.4 is 0 Å². The van der Waals surface area contributed by atoms with E-state index < -0.39 is 0 Å². The van der Waals surface area contributed by atoms with Gasteiger partial charge in [-0.15, -0.1) is 0 Å². The van der Waals surface area contributed by atoms with Gasteiger partial charge >= 0.3 is 0 Å². The normalized spacial score (nSPS) is 12.8. The molecule has 0 saturated carbocycles. The fourth-order valence-electron chi connectivity index (χ4n) is 3.70. The second-order valence-electron chi connectivity index (χ2n) is 7.70. The highest BCUT2D eigenvalue weighted by Crippen LogP contribution is 2.15. The van der Waals surface area contributed by atoms with Crippen LogP contribution in [0.2, 0.25) is 0 Å². The summed E-state index contributed by atoms with van der Waals surface area (Å²) in [4.78, 5) is 2.00. The zero-order valence-electron chi connectivity index (χ0n) is 17.5. The summed E-state index contributed by atoms with van der Waals surface area (Å²) in [5.74, 6) is 0. The van der Waals surface area contributed by atoms with Crippen molar-refractivity contribution in [2.45, 2.75) is 109 Å². The van der Waals surface area contributed by atoms with Crippen molar-refractivity contribution >= 4 is 0 Å². The van der Waals surface area contributed by atoms with Gasteiger partial charge < -0.3 is 15.3 Å². The Balaban J connectivity index is 3.43. The highest BCUT2D eigenvalue weighted by atomic mass is 16.3. The number of aliphatic hydroxyl groups is 3. The molecule has 0 aromatic rings. The van der Waals surface area contributed by atoms with E-state index in [1.165, 1.54) is 83.5 Å². The van der Waals surface area contributed by atoms with Crippen LogP contribution in [0.5, 0.6) is 0 Å². The van der Waals surface area contributed by atoms with E-state index >= 15 is 0 Å². The van der Waals surface area contributed by atoms with Crippen molar-refractivity contribution in [3.05, 3.63) is 0 Å². The average molecular weight is 374 g/mol. The minimum absolute atomic E-state index is 0.0756. The van der Waals surface area contributed by atoms with Gasteiger partial charge in [0.1, 0.15) is 0 Å². The molecule has 0 amide bonds. The molecule has 158 valence electrons. The Morgan fingerprint density at radius 1 is 0.577 bits per heavy atom. The SMILES string of the molecule is CCCCCCCCCCCCCCCCC(CO)N(CCO)CCO. The summed E-state index contributed by atoms with van der Waals surface area (Å²) in [6, 6.07) is 0.0756. The molecule has 0 aliphatic rings. The minimum Gasteiger partial charge on any atom is -0.395 e. The maximum Gasteiger partial charge on any atom is 0.0586 e. The molecule has 1 unspecified atom stereocenters. The van der Waals surface area contributed by atoms with E-state index in [-0.39, 0.29) is 25.9 Å². The second-order valence-corrected chi connectivity index (χ2v) is 7.70. The number of nitrogens with zero attached hydrogens (tertiary/aromatic N) is 1. The Labute approximate surface area is 163 Å². The maximum atomic E-state index is 9.55. The van der Waals surface area contributed by atoms with Crippen LogP contribution in [-0.4, -0.2) is 59.2 Å². The van der Waals surface area contributed by atoms with Gasteiger partial charge in [-0.1, -0.05) is 96.8 Å². The van der Waals surface area contributed by atoms with E-state index in [4.69, 9.17) is 10.2 Å². The molecule has 0 radical (unpaired) electrons. The largest absolute Gasteiger partial charge is 0.395 e. The molecule has 0 spiro atoms. The van der Waals surface area contributed by atoms with Gasteiger partial charge in [-0.25, -0.2) is 0 Å². The molecule has 0 heterocycles. The monoisotopic (exact) mass is 373 g/mol. The van der Waals surface area contributed by atoms with Gasteiger partial charge in [0.15, 0.2) is 0 Å². The van der Waals surface area contributed by atoms with Gasteiger partial charge in [0.25, 0.3) is 0 Å². The maximum absolute atomic E-state index is 9.55. The van der Waals surface area contributed by atoms with Crippen LogP contribution in [0.3, 0.4) is 0 Å². The van der Waals surface area contributed by atoms with Gasteiger partial charge in [-0.05, 0) is 6.42 Å². The molecule has 0 bridgehead atoms. The molecule has 4 nitrogen and oxygen atoms in total. The van der Waals surface area contributed by atoms with Crippen LogP contribution in [0.15, 0.2) is 0 Å². The number of aliphatic hydroxyl groups excluding tert-OH is 3. The van der Waals surface area contributed by atoms with Crippen molar-refractivity contribution in [2.24, 2.45) is 0 Å². The van der Waals surface area contributed by atoms with E-state index in [1.807, 2.05) is 4.90 Å². The summed E-state index contributed by atoms with van der Waals surface area (Å²) in [6.07, 6.45) is 19.9. The first-order valence-electron chi connectivity index (χ1n) is 11.4. The Bertz CT molecular complexity index is 258. The number of rotatable bonds is 21. The standard InChI is InChI=1S/C22H47NO3/c1-2-3-4-5-6-7-8-9-10-11-12-13-14-15-16-22(21-26)23(17-19-24)18-20-25/h22,24-26H,2-21H2,1H3. The molecule has 0 aliphatic heterocycles. The van der Waals surface area contributed by atoms with Crippen molar-refractivity contribution in [1.82, 2.24) is 4.90 Å². The predicted octanol–water partition coefficient (Wildman–Crippen LogP) is 4.51. The van der Waals surface area contributed by atoms with Crippen molar-refractivity contribution in [3.8, 4) is 0 Å². The lowest BCUT2D eigenvalue weighted by atomic mass is 10.0. The molecule has 26 heavy (non-hydrogen) atoms. The third-order valence-corrected chi connectivity index (χ3v) is 5.39. The summed E-state index contributed by atoms with van der Waals surface area (Å²) in [5.41, 5.74) is 0. The van der Waals surface area contributed by atoms with Crippen LogP contribution in [0.1, 0.15) is 103 Å². The minimum atomic E-state index is 0.0756. The fraction of sp³-hybridized carbons (Fsp3) is 1.00. The zero-order chi connectivity index (χ0) is 19.3. The first kappa shape index (κ1) is 25.8. The Morgan fingerprint density at radius 2 is 0.962 bits per heavy atom. The lowest BCUT2D eigenvalue weighted by Gasteiger charge is -2.29. The number of hydrogen-bond acceptors (Lipinski definition) is 4. The molecule has 1 atom stereocenters. The molecule has 0 rings (SSSR count). The first-order valence-corrected chi connectivity index (χ1v) is 11.4. The van der Waals surface area contributed by atoms with Gasteiger partial charge in [0, 0.05) is 19.1 Å². The third kappa shape index (κ3) is 16.0. The zero-order valence-corrected chi connectivity index (χ0v) is 17.5. The molecule has 0 saturated heterocycles. The van der Waals surface area contributed by atoms with Gasteiger partial charge in [-0.3, -0.25) is 4.90 Å². The van der Waals surface area contributed by atoms with Gasteiger partial charge in [0.2, 0.25) is 0 Å². The van der Waals surface area contributed by atoms with Crippen LogP contribution >= 0.6 is 0 Å². The van der Waals surface area contributed by atoms with E-state index in [0.717, 1.165) is 12.8 Å². The highest BCUT2D eigenvalue weighted by molar-refractivity contribution is 4.71. The van der Waals surface area contributed by atoms with Crippen LogP contribution in [0.25, 0.3) is 0 Å². The van der Waals surface area contributed by atoms with Crippen LogP contribution in [0, 0.1) is 0 Å². The number of unbranched alkanes of at least 4 members (excludes halogenated alkanes) is 13. The molecule has 4 heteroatoms. The first-order chi connectivity index (χ1) is 12.8. The molecular formula is C22H47NO3. The van der Waals surface area contributed by atoms with E-state index in [1.54, 1.807) is 0 Å². The predicted molar refractivity (Wildman–Crippen MR) is 112 cm³/mol. The summed E-state index contributed by atoms with van der Waals surface area (Å²) in [5, 5.41) is 27.7. The topological polar surface area (TPSA) is 63.9 Å². The molecule has 0 fully saturated rings. The summed E-state index contributed by atoms with van der Waals surface area (Å²) < 4.78 is 0. The summed E-state index contributed by atoms with van der Waals surface area (Å²) >= 11 is 0. The third-order valence-electron chi connectivity index (χ3n) is 5.39. The van der Waals surface area contributed by atoms with Crippen molar-refractivity contribution in [3.63, 3.8) is 0 Å². The Morgan fingerprint density at radius 3 is 1.31 bits per heavy atom. The van der Waals surface area contributed by atoms with Crippen molar-refractivity contribution in [2.75, 3.05) is 32.9 Å². The molecule has 3 N–H and O–H groups in total. The quantitative estimate of drug-likeness (QED) is 0.259. The van der Waals surface area contributed by atoms with Crippen molar-refractivity contribution in [1.29, 1.82) is 0 Å². The van der Waals surface area contributed by atoms with Crippen molar-refractivity contribution < 1.29 is 15.3 Å². The van der Waals surface area contributed by atoms with Gasteiger partial charge in [-0.2, -0.15) is 0 Å². The summed E-state index contributed by atoms with van der Waals surface area (Å²) in [7, 11) is 0. The van der Waals surface area contributed by atoms with E-state index in [2.05, 4.69) is 6.92 Å². The fourth-order valence-corrected chi connectivity index (χ4v) is 3.70. The molecular weight excluding hydrogens is 326 g/mol. The average Bonchev–Trinajstić information content (AvgIpc) is 2.65. The smallest absolute Gasteiger partial charge is 0.0586 e. The second kappa shape index (κ2) is 21.1. The Hall–Kier alpha value is -0.160. The summed E-state index contributed by atoms with van der Waals surface area (Å²) in [6.45, 7) is 3.60. The van der Waals surface area contributed by atoms with E-state index in [9.17, 15) is 5.11 Å². The highest BCUT2D eigenvalue weighted by Gasteiger charge is 2.16. The molecule has 0 aromatic carbocycles. The Kier molecular flexibility index (Phi) is 21.0. The van der Waals surface area contributed by atoms with Crippen LogP contribution in [-0.2, 0) is 0 Å². The number of hydrogen-bond donors (Lipinski definition) is 3. The molecule has 0 aromatic heterocycles.